The Bertz CT molecular complexity index is 702. The monoisotopic (exact) mass is 253 g/mol. The van der Waals surface area contributed by atoms with Gasteiger partial charge in [-0.1, -0.05) is 41.6 Å². The van der Waals surface area contributed by atoms with Gasteiger partial charge >= 0.3 is 6.03 Å². The first-order chi connectivity index (χ1) is 9.33. The molecule has 3 aromatic rings. The van der Waals surface area contributed by atoms with Crippen molar-refractivity contribution >= 4 is 28.4 Å². The van der Waals surface area contributed by atoms with Crippen molar-refractivity contribution in [3.63, 3.8) is 0 Å². The zero-order valence-electron chi connectivity index (χ0n) is 9.96. The summed E-state index contributed by atoms with van der Waals surface area (Å²) in [6.45, 7) is 0. The van der Waals surface area contributed by atoms with Crippen molar-refractivity contribution in [3.05, 3.63) is 54.7 Å². The van der Waals surface area contributed by atoms with E-state index in [1.165, 1.54) is 6.20 Å². The summed E-state index contributed by atoms with van der Waals surface area (Å²) in [6.07, 6.45) is 1.47. The van der Waals surface area contributed by atoms with E-state index in [4.69, 9.17) is 4.52 Å². The first-order valence-corrected chi connectivity index (χ1v) is 5.79. The number of fused-ring (bicyclic) bond motifs is 1. The third kappa shape index (κ3) is 2.40. The summed E-state index contributed by atoms with van der Waals surface area (Å²) < 4.78 is 4.81. The number of nitrogens with zero attached hydrogens (tertiary/aromatic N) is 1. The summed E-state index contributed by atoms with van der Waals surface area (Å²) in [4.78, 5) is 11.8. The van der Waals surface area contributed by atoms with Gasteiger partial charge in [0.2, 0.25) is 5.88 Å². The summed E-state index contributed by atoms with van der Waals surface area (Å²) >= 11 is 0. The molecule has 0 radical (unpaired) electrons. The van der Waals surface area contributed by atoms with Crippen LogP contribution >= 0.6 is 0 Å². The van der Waals surface area contributed by atoms with Gasteiger partial charge < -0.3 is 9.84 Å². The van der Waals surface area contributed by atoms with Gasteiger partial charge in [-0.2, -0.15) is 0 Å². The second-order valence-corrected chi connectivity index (χ2v) is 3.98. The van der Waals surface area contributed by atoms with Crippen LogP contribution in [0.4, 0.5) is 16.4 Å². The third-order valence-electron chi connectivity index (χ3n) is 2.71. The van der Waals surface area contributed by atoms with Crippen LogP contribution in [-0.2, 0) is 0 Å². The van der Waals surface area contributed by atoms with Crippen molar-refractivity contribution in [1.29, 1.82) is 0 Å². The number of hydrogen-bond donors (Lipinski definition) is 2. The van der Waals surface area contributed by atoms with E-state index < -0.39 is 0 Å². The van der Waals surface area contributed by atoms with Crippen molar-refractivity contribution in [3.8, 4) is 0 Å². The van der Waals surface area contributed by atoms with Gasteiger partial charge in [0.25, 0.3) is 0 Å². The minimum absolute atomic E-state index is 0.303. The van der Waals surface area contributed by atoms with Crippen LogP contribution < -0.4 is 10.6 Å². The van der Waals surface area contributed by atoms with Crippen molar-refractivity contribution in [1.82, 2.24) is 5.16 Å². The van der Waals surface area contributed by atoms with Crippen molar-refractivity contribution in [2.45, 2.75) is 0 Å². The zero-order valence-corrected chi connectivity index (χ0v) is 9.96. The minimum Gasteiger partial charge on any atom is -0.338 e. The number of anilines is 2. The van der Waals surface area contributed by atoms with Crippen LogP contribution in [-0.4, -0.2) is 11.2 Å². The Balaban J connectivity index is 1.83. The largest absolute Gasteiger partial charge is 0.338 e. The van der Waals surface area contributed by atoms with E-state index >= 15 is 0 Å². The molecule has 0 saturated heterocycles. The smallest absolute Gasteiger partial charge is 0.326 e. The lowest BCUT2D eigenvalue weighted by atomic mass is 10.1. The SMILES string of the molecule is O=C(Nc1ccno1)Nc1cccc2ccccc12. The van der Waals surface area contributed by atoms with E-state index in [0.717, 1.165) is 16.5 Å². The molecule has 0 unspecified atom stereocenters. The van der Waals surface area contributed by atoms with Gasteiger partial charge in [0.05, 0.1) is 11.9 Å². The highest BCUT2D eigenvalue weighted by Gasteiger charge is 2.07. The summed E-state index contributed by atoms with van der Waals surface area (Å²) in [6, 6.07) is 14.8. The molecule has 0 atom stereocenters. The average Bonchev–Trinajstić information content (AvgIpc) is 2.92. The molecule has 0 aliphatic rings. The Kier molecular flexibility index (Phi) is 2.86. The molecule has 19 heavy (non-hydrogen) atoms. The van der Waals surface area contributed by atoms with Crippen LogP contribution in [0.5, 0.6) is 0 Å². The number of rotatable bonds is 2. The maximum atomic E-state index is 11.8. The molecule has 0 aliphatic carbocycles. The number of amides is 2. The molecule has 1 heterocycles. The quantitative estimate of drug-likeness (QED) is 0.734. The highest BCUT2D eigenvalue weighted by molar-refractivity contribution is 6.05. The van der Waals surface area contributed by atoms with Crippen LogP contribution in [0, 0.1) is 0 Å². The van der Waals surface area contributed by atoms with Crippen LogP contribution in [0.2, 0.25) is 0 Å². The second-order valence-electron chi connectivity index (χ2n) is 3.98. The van der Waals surface area contributed by atoms with Gasteiger partial charge in [-0.25, -0.2) is 4.79 Å². The highest BCUT2D eigenvalue weighted by Crippen LogP contribution is 2.23. The molecule has 2 N–H and O–H groups in total. The third-order valence-corrected chi connectivity index (χ3v) is 2.71. The molecule has 5 nitrogen and oxygen atoms in total. The molecule has 94 valence electrons. The molecular formula is C14H11N3O2. The van der Waals surface area contributed by atoms with E-state index in [0.29, 0.717) is 5.88 Å². The predicted molar refractivity (Wildman–Crippen MR) is 73.1 cm³/mol. The summed E-state index contributed by atoms with van der Waals surface area (Å²) in [7, 11) is 0. The lowest BCUT2D eigenvalue weighted by molar-refractivity contribution is 0.261. The van der Waals surface area contributed by atoms with Gasteiger partial charge in [-0.3, -0.25) is 5.32 Å². The lowest BCUT2D eigenvalue weighted by Crippen LogP contribution is -2.19. The van der Waals surface area contributed by atoms with E-state index in [1.807, 2.05) is 42.5 Å². The first-order valence-electron chi connectivity index (χ1n) is 5.79. The first kappa shape index (κ1) is 11.3. The van der Waals surface area contributed by atoms with Crippen molar-refractivity contribution in [2.75, 3.05) is 10.6 Å². The predicted octanol–water partition coefficient (Wildman–Crippen LogP) is 3.47. The summed E-state index contributed by atoms with van der Waals surface area (Å²) in [5.74, 6) is 0.303. The van der Waals surface area contributed by atoms with Gasteiger partial charge in [-0.05, 0) is 11.5 Å². The van der Waals surface area contributed by atoms with Crippen LogP contribution in [0.3, 0.4) is 0 Å². The normalized spacial score (nSPS) is 10.3. The molecule has 0 aliphatic heterocycles. The molecule has 2 aromatic carbocycles. The Hall–Kier alpha value is -2.82. The fourth-order valence-corrected chi connectivity index (χ4v) is 1.88. The van der Waals surface area contributed by atoms with Gasteiger partial charge in [0, 0.05) is 11.5 Å². The minimum atomic E-state index is -0.367. The molecular weight excluding hydrogens is 242 g/mol. The van der Waals surface area contributed by atoms with Crippen LogP contribution in [0.1, 0.15) is 0 Å². The fraction of sp³-hybridized carbons (Fsp3) is 0. The lowest BCUT2D eigenvalue weighted by Gasteiger charge is -2.08. The number of hydrogen-bond acceptors (Lipinski definition) is 3. The molecule has 0 spiro atoms. The van der Waals surface area contributed by atoms with E-state index in [1.54, 1.807) is 6.07 Å². The molecule has 5 heteroatoms. The molecule has 2 amide bonds. The number of benzene rings is 2. The summed E-state index contributed by atoms with van der Waals surface area (Å²) in [5, 5.41) is 10.9. The maximum Gasteiger partial charge on any atom is 0.326 e. The van der Waals surface area contributed by atoms with E-state index in [9.17, 15) is 4.79 Å². The molecule has 0 bridgehead atoms. The number of carbonyl (C=O) groups excluding carboxylic acids is 1. The van der Waals surface area contributed by atoms with Crippen LogP contribution in [0.25, 0.3) is 10.8 Å². The van der Waals surface area contributed by atoms with Gasteiger partial charge in [-0.15, -0.1) is 0 Å². The number of carbonyl (C=O) groups is 1. The number of aromatic nitrogens is 1. The second kappa shape index (κ2) is 4.81. The highest BCUT2D eigenvalue weighted by atomic mass is 16.5. The van der Waals surface area contributed by atoms with Crippen LogP contribution in [0.15, 0.2) is 59.3 Å². The topological polar surface area (TPSA) is 67.2 Å². The summed E-state index contributed by atoms with van der Waals surface area (Å²) in [5.41, 5.74) is 0.745. The number of urea groups is 1. The number of nitrogens with one attached hydrogen (secondary N) is 2. The molecule has 0 fully saturated rings. The van der Waals surface area contributed by atoms with E-state index in [-0.39, 0.29) is 6.03 Å². The Morgan fingerprint density at radius 3 is 2.68 bits per heavy atom. The Labute approximate surface area is 109 Å². The maximum absolute atomic E-state index is 11.8. The van der Waals surface area contributed by atoms with Gasteiger partial charge in [0.15, 0.2) is 0 Å². The average molecular weight is 253 g/mol. The zero-order chi connectivity index (χ0) is 13.1. The van der Waals surface area contributed by atoms with Gasteiger partial charge in [0.1, 0.15) is 0 Å². The molecule has 3 rings (SSSR count). The Morgan fingerprint density at radius 2 is 1.84 bits per heavy atom. The molecule has 1 aromatic heterocycles. The van der Waals surface area contributed by atoms with Crippen molar-refractivity contribution in [2.24, 2.45) is 0 Å². The molecule has 0 saturated carbocycles. The van der Waals surface area contributed by atoms with Crippen molar-refractivity contribution < 1.29 is 9.32 Å². The van der Waals surface area contributed by atoms with E-state index in [2.05, 4.69) is 15.8 Å². The standard InChI is InChI=1S/C14H11N3O2/c18-14(17-13-8-9-15-19-13)16-12-7-3-5-10-4-1-2-6-11(10)12/h1-9H,(H2,16,17,18). The Morgan fingerprint density at radius 1 is 1.00 bits per heavy atom. The fourth-order valence-electron chi connectivity index (χ4n) is 1.88.